The number of amides is 2. The zero-order valence-corrected chi connectivity index (χ0v) is 15.2. The summed E-state index contributed by atoms with van der Waals surface area (Å²) in [6.07, 6.45) is 4.38. The molecule has 1 N–H and O–H groups in total. The van der Waals surface area contributed by atoms with Crippen LogP contribution in [0.25, 0.3) is 0 Å². The molecule has 0 spiro atoms. The minimum absolute atomic E-state index is 0.00198. The van der Waals surface area contributed by atoms with Crippen molar-refractivity contribution in [3.63, 3.8) is 0 Å². The molecule has 26 heavy (non-hydrogen) atoms. The van der Waals surface area contributed by atoms with E-state index in [0.717, 1.165) is 58.5 Å². The highest BCUT2D eigenvalue weighted by molar-refractivity contribution is 5.92. The van der Waals surface area contributed by atoms with Crippen molar-refractivity contribution in [1.29, 1.82) is 0 Å². The minimum Gasteiger partial charge on any atom is -0.379 e. The van der Waals surface area contributed by atoms with E-state index < -0.39 is 0 Å². The highest BCUT2D eigenvalue weighted by Crippen LogP contribution is 2.13. The maximum atomic E-state index is 12.8. The number of hydrogen-bond donors (Lipinski definition) is 1. The van der Waals surface area contributed by atoms with Crippen LogP contribution in [-0.4, -0.2) is 72.7 Å². The molecule has 2 amide bonds. The Hall–Kier alpha value is -1.93. The molecule has 0 radical (unpaired) electrons. The Morgan fingerprint density at radius 1 is 1.12 bits per heavy atom. The molecule has 1 aromatic rings. The lowest BCUT2D eigenvalue weighted by Gasteiger charge is -2.25. The molecule has 0 unspecified atom stereocenters. The fourth-order valence-corrected chi connectivity index (χ4v) is 3.28. The van der Waals surface area contributed by atoms with Crippen LogP contribution in [0.2, 0.25) is 0 Å². The number of morpholine rings is 1. The Labute approximate surface area is 153 Å². The largest absolute Gasteiger partial charge is 0.379 e. The average Bonchev–Trinajstić information content (AvgIpc) is 3.10. The Morgan fingerprint density at radius 2 is 1.92 bits per heavy atom. The van der Waals surface area contributed by atoms with Gasteiger partial charge in [0.15, 0.2) is 11.5 Å². The third kappa shape index (κ3) is 5.54. The number of nitrogens with one attached hydrogen (secondary N) is 1. The fourth-order valence-electron chi connectivity index (χ4n) is 3.28. The quantitative estimate of drug-likeness (QED) is 0.862. The van der Waals surface area contributed by atoms with Crippen molar-refractivity contribution in [3.05, 3.63) is 17.5 Å². The number of hydrogen-bond acceptors (Lipinski definition) is 6. The third-order valence-corrected chi connectivity index (χ3v) is 4.83. The van der Waals surface area contributed by atoms with E-state index in [1.54, 1.807) is 11.0 Å². The molecule has 8 nitrogen and oxygen atoms in total. The second-order valence-corrected chi connectivity index (χ2v) is 6.87. The predicted molar refractivity (Wildman–Crippen MR) is 94.6 cm³/mol. The number of ether oxygens (including phenoxy) is 1. The molecule has 3 rings (SSSR count). The van der Waals surface area contributed by atoms with Gasteiger partial charge < -0.3 is 19.5 Å². The standard InChI is InChI=1S/C18H28N4O4/c23-17-5-8-22(7-4-2-1-3-6-19-17)18(24)16-13-15(26-20-16)14-21-9-11-25-12-10-21/h13H,1-12,14H2,(H,19,23). The van der Waals surface area contributed by atoms with Crippen LogP contribution < -0.4 is 5.32 Å². The summed E-state index contributed by atoms with van der Waals surface area (Å²) in [5, 5.41) is 6.87. The van der Waals surface area contributed by atoms with E-state index in [-0.39, 0.29) is 11.8 Å². The highest BCUT2D eigenvalue weighted by Gasteiger charge is 2.22. The first-order valence-electron chi connectivity index (χ1n) is 9.54. The summed E-state index contributed by atoms with van der Waals surface area (Å²) in [6, 6.07) is 1.73. The summed E-state index contributed by atoms with van der Waals surface area (Å²) in [4.78, 5) is 28.6. The molecule has 3 heterocycles. The zero-order chi connectivity index (χ0) is 18.2. The summed E-state index contributed by atoms with van der Waals surface area (Å²) in [5.74, 6) is 0.526. The van der Waals surface area contributed by atoms with Gasteiger partial charge in [0.25, 0.3) is 5.91 Å². The van der Waals surface area contributed by atoms with Crippen molar-refractivity contribution in [2.24, 2.45) is 0 Å². The van der Waals surface area contributed by atoms with Crippen molar-refractivity contribution in [1.82, 2.24) is 20.3 Å². The lowest BCUT2D eigenvalue weighted by molar-refractivity contribution is -0.121. The SMILES string of the molecule is O=C1CCN(C(=O)c2cc(CN3CCOCC3)on2)CCCCCCN1. The number of carbonyl (C=O) groups excluding carboxylic acids is 2. The van der Waals surface area contributed by atoms with E-state index in [9.17, 15) is 9.59 Å². The van der Waals surface area contributed by atoms with E-state index in [4.69, 9.17) is 9.26 Å². The van der Waals surface area contributed by atoms with Crippen molar-refractivity contribution in [3.8, 4) is 0 Å². The molecule has 0 aromatic carbocycles. The molecule has 2 saturated heterocycles. The maximum Gasteiger partial charge on any atom is 0.276 e. The van der Waals surface area contributed by atoms with Gasteiger partial charge in [-0.3, -0.25) is 14.5 Å². The second-order valence-electron chi connectivity index (χ2n) is 6.87. The van der Waals surface area contributed by atoms with Crippen molar-refractivity contribution < 1.29 is 18.8 Å². The normalized spacial score (nSPS) is 21.1. The Kier molecular flexibility index (Phi) is 7.02. The lowest BCUT2D eigenvalue weighted by Crippen LogP contribution is -2.36. The van der Waals surface area contributed by atoms with Crippen LogP contribution in [0.4, 0.5) is 0 Å². The number of rotatable bonds is 3. The molecule has 2 aliphatic rings. The average molecular weight is 364 g/mol. The molecular formula is C18H28N4O4. The molecule has 1 aromatic heterocycles. The van der Waals surface area contributed by atoms with Crippen molar-refractivity contribution >= 4 is 11.8 Å². The van der Waals surface area contributed by atoms with Gasteiger partial charge in [-0.15, -0.1) is 0 Å². The lowest BCUT2D eigenvalue weighted by atomic mass is 10.2. The molecular weight excluding hydrogens is 336 g/mol. The van der Waals surface area contributed by atoms with Crippen molar-refractivity contribution in [2.75, 3.05) is 45.9 Å². The van der Waals surface area contributed by atoms with E-state index in [2.05, 4.69) is 15.4 Å². The molecule has 0 bridgehead atoms. The number of carbonyl (C=O) groups is 2. The van der Waals surface area contributed by atoms with E-state index in [0.29, 0.717) is 37.5 Å². The Balaban J connectivity index is 1.59. The first-order valence-corrected chi connectivity index (χ1v) is 9.54. The summed E-state index contributed by atoms with van der Waals surface area (Å²) in [5.41, 5.74) is 0.323. The van der Waals surface area contributed by atoms with Gasteiger partial charge in [-0.05, 0) is 12.8 Å². The van der Waals surface area contributed by atoms with Gasteiger partial charge in [0.1, 0.15) is 0 Å². The molecule has 0 aliphatic carbocycles. The molecule has 8 heteroatoms. The van der Waals surface area contributed by atoms with Gasteiger partial charge in [0, 0.05) is 45.2 Å². The summed E-state index contributed by atoms with van der Waals surface area (Å²) in [7, 11) is 0. The fraction of sp³-hybridized carbons (Fsp3) is 0.722. The van der Waals surface area contributed by atoms with Gasteiger partial charge in [-0.1, -0.05) is 18.0 Å². The summed E-state index contributed by atoms with van der Waals surface area (Å²) < 4.78 is 10.7. The molecule has 2 aliphatic heterocycles. The third-order valence-electron chi connectivity index (χ3n) is 4.83. The summed E-state index contributed by atoms with van der Waals surface area (Å²) >= 11 is 0. The van der Waals surface area contributed by atoms with E-state index in [1.165, 1.54) is 0 Å². The highest BCUT2D eigenvalue weighted by atomic mass is 16.5. The van der Waals surface area contributed by atoms with Crippen LogP contribution in [0.3, 0.4) is 0 Å². The van der Waals surface area contributed by atoms with Gasteiger partial charge >= 0.3 is 0 Å². The van der Waals surface area contributed by atoms with Crippen LogP contribution in [0.5, 0.6) is 0 Å². The zero-order valence-electron chi connectivity index (χ0n) is 15.2. The predicted octanol–water partition coefficient (Wildman–Crippen LogP) is 1.03. The van der Waals surface area contributed by atoms with Crippen molar-refractivity contribution in [2.45, 2.75) is 38.6 Å². The van der Waals surface area contributed by atoms with E-state index >= 15 is 0 Å². The topological polar surface area (TPSA) is 87.9 Å². The second kappa shape index (κ2) is 9.68. The van der Waals surface area contributed by atoms with Gasteiger partial charge in [-0.25, -0.2) is 0 Å². The molecule has 0 atom stereocenters. The van der Waals surface area contributed by atoms with Crippen LogP contribution in [0.15, 0.2) is 10.6 Å². The van der Waals surface area contributed by atoms with Crippen LogP contribution in [-0.2, 0) is 16.1 Å². The minimum atomic E-state index is -0.158. The molecule has 144 valence electrons. The summed E-state index contributed by atoms with van der Waals surface area (Å²) in [6.45, 7) is 5.56. The van der Waals surface area contributed by atoms with Gasteiger partial charge in [0.2, 0.25) is 5.91 Å². The smallest absolute Gasteiger partial charge is 0.276 e. The van der Waals surface area contributed by atoms with Gasteiger partial charge in [-0.2, -0.15) is 0 Å². The number of aromatic nitrogens is 1. The van der Waals surface area contributed by atoms with E-state index in [1.807, 2.05) is 0 Å². The van der Waals surface area contributed by atoms with Crippen LogP contribution in [0, 0.1) is 0 Å². The monoisotopic (exact) mass is 364 g/mol. The van der Waals surface area contributed by atoms with Gasteiger partial charge in [0.05, 0.1) is 19.8 Å². The first kappa shape index (κ1) is 18.8. The Bertz CT molecular complexity index is 598. The Morgan fingerprint density at radius 3 is 2.77 bits per heavy atom. The molecule has 2 fully saturated rings. The van der Waals surface area contributed by atoms with Crippen LogP contribution >= 0.6 is 0 Å². The maximum absolute atomic E-state index is 12.8. The first-order chi connectivity index (χ1) is 12.7. The number of nitrogens with zero attached hydrogens (tertiary/aromatic N) is 3. The van der Waals surface area contributed by atoms with Crippen LogP contribution in [0.1, 0.15) is 48.4 Å². The molecule has 0 saturated carbocycles.